The molecule has 0 amide bonds. The van der Waals surface area contributed by atoms with Gasteiger partial charge in [0.15, 0.2) is 11.6 Å². The molecule has 3 heteroatoms. The van der Waals surface area contributed by atoms with E-state index in [4.69, 9.17) is 0 Å². The van der Waals surface area contributed by atoms with Crippen molar-refractivity contribution in [2.24, 2.45) is 0 Å². The lowest BCUT2D eigenvalue weighted by molar-refractivity contribution is 0.101. The molecule has 0 saturated carbocycles. The Balaban J connectivity index is 2.52. The number of carbonyl (C=O) groups excluding carboxylic acids is 1. The van der Waals surface area contributed by atoms with Gasteiger partial charge in [-0.2, -0.15) is 0 Å². The number of hydrogen-bond acceptors (Lipinski definition) is 3. The van der Waals surface area contributed by atoms with E-state index < -0.39 is 0 Å². The molecule has 0 bridgehead atoms. The number of nitrogens with zero attached hydrogens (tertiary/aromatic N) is 2. The fourth-order valence-electron chi connectivity index (χ4n) is 1.77. The molecule has 3 nitrogen and oxygen atoms in total. The fraction of sp³-hybridized carbons (Fsp3) is 0.214. The molecule has 2 rings (SSSR count). The molecular formula is C14H14N2O. The summed E-state index contributed by atoms with van der Waals surface area (Å²) in [6, 6.07) is 7.94. The monoisotopic (exact) mass is 226 g/mol. The molecule has 0 radical (unpaired) electrons. The van der Waals surface area contributed by atoms with E-state index in [9.17, 15) is 4.79 Å². The van der Waals surface area contributed by atoms with Gasteiger partial charge in [-0.05, 0) is 26.3 Å². The lowest BCUT2D eigenvalue weighted by Gasteiger charge is -2.06. The molecule has 0 fully saturated rings. The average molecular weight is 226 g/mol. The highest BCUT2D eigenvalue weighted by atomic mass is 16.1. The van der Waals surface area contributed by atoms with Gasteiger partial charge in [-0.15, -0.1) is 0 Å². The number of Topliss-reactive ketones (excluding diaryl/α,β-unsaturated/α-hetero) is 1. The van der Waals surface area contributed by atoms with Gasteiger partial charge in [0.1, 0.15) is 0 Å². The van der Waals surface area contributed by atoms with E-state index in [0.717, 1.165) is 16.8 Å². The van der Waals surface area contributed by atoms with Crippen molar-refractivity contribution >= 4 is 5.78 Å². The van der Waals surface area contributed by atoms with E-state index in [2.05, 4.69) is 9.97 Å². The third-order valence-electron chi connectivity index (χ3n) is 2.74. The van der Waals surface area contributed by atoms with Crippen LogP contribution < -0.4 is 0 Å². The van der Waals surface area contributed by atoms with E-state index in [1.807, 2.05) is 38.1 Å². The SMILES string of the molecule is CC(=O)c1cnc(-c2ccccc2C)nc1C. The number of aromatic nitrogens is 2. The molecule has 86 valence electrons. The van der Waals surface area contributed by atoms with Crippen molar-refractivity contribution in [1.82, 2.24) is 9.97 Å². The second-order valence-corrected chi connectivity index (χ2v) is 4.06. The van der Waals surface area contributed by atoms with Crippen molar-refractivity contribution in [3.05, 3.63) is 47.3 Å². The van der Waals surface area contributed by atoms with Gasteiger partial charge in [-0.3, -0.25) is 4.79 Å². The maximum Gasteiger partial charge on any atom is 0.163 e. The number of ketones is 1. The number of hydrogen-bond donors (Lipinski definition) is 0. The van der Waals surface area contributed by atoms with Gasteiger partial charge in [0.05, 0.1) is 11.3 Å². The molecule has 17 heavy (non-hydrogen) atoms. The summed E-state index contributed by atoms with van der Waals surface area (Å²) >= 11 is 0. The minimum Gasteiger partial charge on any atom is -0.294 e. The Morgan fingerprint density at radius 2 is 1.88 bits per heavy atom. The van der Waals surface area contributed by atoms with Gasteiger partial charge in [0, 0.05) is 11.8 Å². The standard InChI is InChI=1S/C14H14N2O/c1-9-6-4-5-7-12(9)14-15-8-13(11(3)17)10(2)16-14/h4-8H,1-3H3. The number of carbonyl (C=O) groups is 1. The summed E-state index contributed by atoms with van der Waals surface area (Å²) in [6.45, 7) is 5.38. The quantitative estimate of drug-likeness (QED) is 0.739. The van der Waals surface area contributed by atoms with Crippen LogP contribution in [-0.2, 0) is 0 Å². The molecule has 0 aliphatic carbocycles. The lowest BCUT2D eigenvalue weighted by Crippen LogP contribution is -2.02. The Hall–Kier alpha value is -2.03. The van der Waals surface area contributed by atoms with Gasteiger partial charge in [0.2, 0.25) is 0 Å². The molecule has 0 N–H and O–H groups in total. The molecule has 2 aromatic rings. The van der Waals surface area contributed by atoms with Gasteiger partial charge in [-0.25, -0.2) is 9.97 Å². The Morgan fingerprint density at radius 3 is 2.47 bits per heavy atom. The van der Waals surface area contributed by atoms with Crippen LogP contribution in [0.25, 0.3) is 11.4 Å². The predicted octanol–water partition coefficient (Wildman–Crippen LogP) is 2.96. The highest BCUT2D eigenvalue weighted by molar-refractivity contribution is 5.94. The second kappa shape index (κ2) is 4.45. The van der Waals surface area contributed by atoms with Crippen molar-refractivity contribution in [2.75, 3.05) is 0 Å². The largest absolute Gasteiger partial charge is 0.294 e. The van der Waals surface area contributed by atoms with E-state index in [1.165, 1.54) is 6.92 Å². The van der Waals surface area contributed by atoms with Crippen molar-refractivity contribution in [3.8, 4) is 11.4 Å². The van der Waals surface area contributed by atoms with Crippen molar-refractivity contribution < 1.29 is 4.79 Å². The summed E-state index contributed by atoms with van der Waals surface area (Å²) in [6.07, 6.45) is 1.60. The van der Waals surface area contributed by atoms with Crippen molar-refractivity contribution in [2.45, 2.75) is 20.8 Å². The molecule has 0 saturated heterocycles. The maximum absolute atomic E-state index is 11.3. The summed E-state index contributed by atoms with van der Waals surface area (Å²) in [5.74, 6) is 0.671. The Morgan fingerprint density at radius 1 is 1.18 bits per heavy atom. The highest BCUT2D eigenvalue weighted by Crippen LogP contribution is 2.20. The predicted molar refractivity (Wildman–Crippen MR) is 66.9 cm³/mol. The van der Waals surface area contributed by atoms with Crippen LogP contribution in [0.2, 0.25) is 0 Å². The molecule has 0 spiro atoms. The zero-order valence-electron chi connectivity index (χ0n) is 10.2. The first kappa shape index (κ1) is 11.5. The van der Waals surface area contributed by atoms with Gasteiger partial charge in [-0.1, -0.05) is 24.3 Å². The normalized spacial score (nSPS) is 10.3. The van der Waals surface area contributed by atoms with Crippen LogP contribution in [0, 0.1) is 13.8 Å². The average Bonchev–Trinajstić information content (AvgIpc) is 2.29. The third kappa shape index (κ3) is 2.23. The molecule has 0 aliphatic rings. The van der Waals surface area contributed by atoms with Crippen LogP contribution in [0.3, 0.4) is 0 Å². The second-order valence-electron chi connectivity index (χ2n) is 4.06. The Bertz CT molecular complexity index is 576. The third-order valence-corrected chi connectivity index (χ3v) is 2.74. The van der Waals surface area contributed by atoms with Crippen LogP contribution in [0.15, 0.2) is 30.5 Å². The minimum absolute atomic E-state index is 0.00108. The van der Waals surface area contributed by atoms with Crippen LogP contribution in [-0.4, -0.2) is 15.8 Å². The molecule has 0 atom stereocenters. The molecular weight excluding hydrogens is 212 g/mol. The van der Waals surface area contributed by atoms with Gasteiger partial charge < -0.3 is 0 Å². The first-order valence-electron chi connectivity index (χ1n) is 5.50. The molecule has 0 unspecified atom stereocenters. The van der Waals surface area contributed by atoms with Crippen LogP contribution >= 0.6 is 0 Å². The Kier molecular flexibility index (Phi) is 3.00. The Labute approximate surface area is 101 Å². The fourth-order valence-corrected chi connectivity index (χ4v) is 1.77. The first-order valence-corrected chi connectivity index (χ1v) is 5.50. The topological polar surface area (TPSA) is 42.9 Å². The molecule has 1 aromatic heterocycles. The van der Waals surface area contributed by atoms with E-state index in [-0.39, 0.29) is 5.78 Å². The zero-order valence-corrected chi connectivity index (χ0v) is 10.2. The van der Waals surface area contributed by atoms with Crippen LogP contribution in [0.4, 0.5) is 0 Å². The first-order chi connectivity index (χ1) is 8.09. The van der Waals surface area contributed by atoms with Crippen molar-refractivity contribution in [3.63, 3.8) is 0 Å². The van der Waals surface area contributed by atoms with Crippen LogP contribution in [0.5, 0.6) is 0 Å². The van der Waals surface area contributed by atoms with E-state index >= 15 is 0 Å². The van der Waals surface area contributed by atoms with E-state index in [1.54, 1.807) is 6.20 Å². The zero-order chi connectivity index (χ0) is 12.4. The minimum atomic E-state index is -0.00108. The smallest absolute Gasteiger partial charge is 0.163 e. The molecule has 1 aromatic carbocycles. The summed E-state index contributed by atoms with van der Waals surface area (Å²) in [7, 11) is 0. The molecule has 0 aliphatic heterocycles. The maximum atomic E-state index is 11.3. The summed E-state index contributed by atoms with van der Waals surface area (Å²) in [5, 5.41) is 0. The number of benzene rings is 1. The molecule has 1 heterocycles. The van der Waals surface area contributed by atoms with Gasteiger partial charge >= 0.3 is 0 Å². The summed E-state index contributed by atoms with van der Waals surface area (Å²) in [4.78, 5) is 20.0. The number of rotatable bonds is 2. The van der Waals surface area contributed by atoms with E-state index in [0.29, 0.717) is 11.4 Å². The van der Waals surface area contributed by atoms with Crippen LogP contribution in [0.1, 0.15) is 28.5 Å². The highest BCUT2D eigenvalue weighted by Gasteiger charge is 2.09. The summed E-state index contributed by atoms with van der Waals surface area (Å²) in [5.41, 5.74) is 3.45. The number of aryl methyl sites for hydroxylation is 2. The van der Waals surface area contributed by atoms with Crippen molar-refractivity contribution in [1.29, 1.82) is 0 Å². The summed E-state index contributed by atoms with van der Waals surface area (Å²) < 4.78 is 0. The van der Waals surface area contributed by atoms with Gasteiger partial charge in [0.25, 0.3) is 0 Å². The lowest BCUT2D eigenvalue weighted by atomic mass is 10.1.